The molecule has 1 atom stereocenters. The third-order valence-corrected chi connectivity index (χ3v) is 3.00. The number of thioether (sulfide) groups is 1. The Bertz CT molecular complexity index is 411. The number of nitrogens with two attached hydrogens (primary N) is 1. The number of nitrogen functional groups attached to an aromatic ring is 1. The fourth-order valence-corrected chi connectivity index (χ4v) is 1.82. The first kappa shape index (κ1) is 13.8. The van der Waals surface area contributed by atoms with Crippen LogP contribution in [0.3, 0.4) is 0 Å². The predicted molar refractivity (Wildman–Crippen MR) is 66.6 cm³/mol. The van der Waals surface area contributed by atoms with E-state index in [1.54, 1.807) is 18.5 Å². The van der Waals surface area contributed by atoms with Gasteiger partial charge in [-0.1, -0.05) is 11.8 Å². The van der Waals surface area contributed by atoms with Crippen LogP contribution in [-0.4, -0.2) is 31.6 Å². The highest BCUT2D eigenvalue weighted by atomic mass is 32.2. The van der Waals surface area contributed by atoms with Crippen molar-refractivity contribution in [1.29, 1.82) is 0 Å². The van der Waals surface area contributed by atoms with Crippen LogP contribution in [0.25, 0.3) is 0 Å². The molecule has 0 fully saturated rings. The first-order valence-electron chi connectivity index (χ1n) is 5.25. The summed E-state index contributed by atoms with van der Waals surface area (Å²) in [7, 11) is 1.75. The average molecular weight is 258 g/mol. The number of ether oxygens (including phenoxy) is 1. The Morgan fingerprint density at radius 2 is 2.06 bits per heavy atom. The van der Waals surface area contributed by atoms with Gasteiger partial charge in [0.05, 0.1) is 0 Å². The normalized spacial score (nSPS) is 13.5. The highest BCUT2D eigenvalue weighted by Crippen LogP contribution is 2.24. The van der Waals surface area contributed by atoms with Gasteiger partial charge in [-0.05, 0) is 27.7 Å². The highest BCUT2D eigenvalue weighted by molar-refractivity contribution is 8.00. The minimum absolute atomic E-state index is 0.274. The summed E-state index contributed by atoms with van der Waals surface area (Å²) in [5.74, 6) is 0.0490. The number of nitrogens with zero attached hydrogens (tertiary/aromatic N) is 3. The maximum atomic E-state index is 11.7. The minimum atomic E-state index is -0.481. The molecule has 1 rings (SSSR count). The van der Waals surface area contributed by atoms with E-state index in [1.165, 1.54) is 11.8 Å². The van der Waals surface area contributed by atoms with Gasteiger partial charge >= 0.3 is 5.97 Å². The summed E-state index contributed by atoms with van der Waals surface area (Å²) in [4.78, 5) is 11.7. The van der Waals surface area contributed by atoms with Crippen LogP contribution in [0.1, 0.15) is 27.7 Å². The molecular formula is C10H18N4O2S. The van der Waals surface area contributed by atoms with Crippen molar-refractivity contribution in [1.82, 2.24) is 14.8 Å². The Kier molecular flexibility index (Phi) is 4.03. The molecule has 0 aliphatic carbocycles. The molecule has 0 aliphatic heterocycles. The van der Waals surface area contributed by atoms with Gasteiger partial charge in [0.25, 0.3) is 0 Å². The van der Waals surface area contributed by atoms with Crippen molar-refractivity contribution in [3.63, 3.8) is 0 Å². The monoisotopic (exact) mass is 258 g/mol. The Morgan fingerprint density at radius 3 is 2.47 bits per heavy atom. The zero-order valence-corrected chi connectivity index (χ0v) is 11.5. The highest BCUT2D eigenvalue weighted by Gasteiger charge is 2.24. The maximum Gasteiger partial charge on any atom is 0.319 e. The molecule has 1 heterocycles. The van der Waals surface area contributed by atoms with Crippen molar-refractivity contribution in [2.24, 2.45) is 7.05 Å². The van der Waals surface area contributed by atoms with E-state index in [0.717, 1.165) is 0 Å². The number of carbonyl (C=O) groups excluding carboxylic acids is 1. The van der Waals surface area contributed by atoms with E-state index >= 15 is 0 Å². The van der Waals surface area contributed by atoms with Crippen LogP contribution in [0, 0.1) is 0 Å². The molecular weight excluding hydrogens is 240 g/mol. The first-order valence-corrected chi connectivity index (χ1v) is 6.13. The summed E-state index contributed by atoms with van der Waals surface area (Å²) in [6.45, 7) is 7.28. The zero-order valence-electron chi connectivity index (χ0n) is 10.7. The minimum Gasteiger partial charge on any atom is -0.459 e. The van der Waals surface area contributed by atoms with Gasteiger partial charge in [-0.15, -0.1) is 10.2 Å². The SMILES string of the molecule is CC(Sc1nnc(N)n1C)C(=O)OC(C)(C)C. The van der Waals surface area contributed by atoms with E-state index in [-0.39, 0.29) is 11.2 Å². The summed E-state index contributed by atoms with van der Waals surface area (Å²) >= 11 is 1.27. The molecule has 0 bridgehead atoms. The van der Waals surface area contributed by atoms with E-state index < -0.39 is 5.60 Å². The number of hydrogen-bond donors (Lipinski definition) is 1. The lowest BCUT2D eigenvalue weighted by molar-refractivity contribution is -0.153. The van der Waals surface area contributed by atoms with Gasteiger partial charge in [0.1, 0.15) is 10.9 Å². The van der Waals surface area contributed by atoms with Gasteiger partial charge < -0.3 is 10.5 Å². The lowest BCUT2D eigenvalue weighted by Gasteiger charge is -2.21. The van der Waals surface area contributed by atoms with Crippen LogP contribution in [0.4, 0.5) is 5.95 Å². The molecule has 1 aromatic heterocycles. The lowest BCUT2D eigenvalue weighted by Crippen LogP contribution is -2.29. The van der Waals surface area contributed by atoms with Gasteiger partial charge in [0, 0.05) is 7.05 Å². The van der Waals surface area contributed by atoms with Crippen LogP contribution < -0.4 is 5.73 Å². The van der Waals surface area contributed by atoms with E-state index in [2.05, 4.69) is 10.2 Å². The number of anilines is 1. The van der Waals surface area contributed by atoms with Crippen molar-refractivity contribution in [2.75, 3.05) is 5.73 Å². The van der Waals surface area contributed by atoms with Crippen molar-refractivity contribution in [3.8, 4) is 0 Å². The lowest BCUT2D eigenvalue weighted by atomic mass is 10.2. The van der Waals surface area contributed by atoms with Crippen LogP contribution >= 0.6 is 11.8 Å². The molecule has 7 heteroatoms. The Hall–Kier alpha value is -1.24. The first-order chi connectivity index (χ1) is 7.70. The summed E-state index contributed by atoms with van der Waals surface area (Å²) < 4.78 is 6.90. The van der Waals surface area contributed by atoms with Crippen molar-refractivity contribution < 1.29 is 9.53 Å². The van der Waals surface area contributed by atoms with Crippen molar-refractivity contribution >= 4 is 23.7 Å². The Morgan fingerprint density at radius 1 is 1.47 bits per heavy atom. The van der Waals surface area contributed by atoms with Gasteiger partial charge in [0.15, 0.2) is 5.16 Å². The molecule has 0 aromatic carbocycles. The maximum absolute atomic E-state index is 11.7. The summed E-state index contributed by atoms with van der Waals surface area (Å²) in [6, 6.07) is 0. The summed E-state index contributed by atoms with van der Waals surface area (Å²) in [5, 5.41) is 7.85. The number of rotatable bonds is 3. The van der Waals surface area contributed by atoms with Crippen LogP contribution in [-0.2, 0) is 16.6 Å². The molecule has 1 aromatic rings. The predicted octanol–water partition coefficient (Wildman–Crippen LogP) is 1.22. The standard InChI is InChI=1S/C10H18N4O2S/c1-6(7(15)16-10(2,3)4)17-9-13-12-8(11)14(9)5/h6H,1-5H3,(H2,11,12). The molecule has 0 saturated carbocycles. The third kappa shape index (κ3) is 3.92. The molecule has 1 unspecified atom stereocenters. The molecule has 2 N–H and O–H groups in total. The fraction of sp³-hybridized carbons (Fsp3) is 0.700. The zero-order chi connectivity index (χ0) is 13.2. The molecule has 0 saturated heterocycles. The Labute approximate surface area is 105 Å². The van der Waals surface area contributed by atoms with E-state index in [9.17, 15) is 4.79 Å². The van der Waals surface area contributed by atoms with Crippen molar-refractivity contribution in [3.05, 3.63) is 0 Å². The molecule has 96 valence electrons. The summed E-state index contributed by atoms with van der Waals surface area (Å²) in [5.41, 5.74) is 5.07. The van der Waals surface area contributed by atoms with E-state index in [1.807, 2.05) is 20.8 Å². The smallest absolute Gasteiger partial charge is 0.319 e. The van der Waals surface area contributed by atoms with Crippen LogP contribution in [0.5, 0.6) is 0 Å². The van der Waals surface area contributed by atoms with E-state index in [0.29, 0.717) is 11.1 Å². The topological polar surface area (TPSA) is 83.0 Å². The van der Waals surface area contributed by atoms with Gasteiger partial charge in [-0.3, -0.25) is 9.36 Å². The third-order valence-electron chi connectivity index (χ3n) is 1.89. The largest absolute Gasteiger partial charge is 0.459 e. The molecule has 17 heavy (non-hydrogen) atoms. The second kappa shape index (κ2) is 4.95. The van der Waals surface area contributed by atoms with Gasteiger partial charge in [-0.2, -0.15) is 0 Å². The second-order valence-electron chi connectivity index (χ2n) is 4.69. The molecule has 0 radical (unpaired) electrons. The summed E-state index contributed by atoms with van der Waals surface area (Å²) in [6.07, 6.45) is 0. The van der Waals surface area contributed by atoms with Crippen molar-refractivity contribution in [2.45, 2.75) is 43.7 Å². The number of hydrogen-bond acceptors (Lipinski definition) is 6. The average Bonchev–Trinajstić information content (AvgIpc) is 2.47. The van der Waals surface area contributed by atoms with Crippen LogP contribution in [0.15, 0.2) is 5.16 Å². The number of carbonyl (C=O) groups is 1. The van der Waals surface area contributed by atoms with Gasteiger partial charge in [0.2, 0.25) is 5.95 Å². The van der Waals surface area contributed by atoms with E-state index in [4.69, 9.17) is 10.5 Å². The fourth-order valence-electron chi connectivity index (χ4n) is 1.02. The molecule has 6 nitrogen and oxygen atoms in total. The Balaban J connectivity index is 2.63. The van der Waals surface area contributed by atoms with Crippen LogP contribution in [0.2, 0.25) is 0 Å². The molecule has 0 aliphatic rings. The molecule has 0 spiro atoms. The number of aromatic nitrogens is 3. The van der Waals surface area contributed by atoms with Gasteiger partial charge in [-0.25, -0.2) is 0 Å². The number of esters is 1. The molecule has 0 amide bonds. The second-order valence-corrected chi connectivity index (χ2v) is 6.00. The quantitative estimate of drug-likeness (QED) is 0.648.